The van der Waals surface area contributed by atoms with Crippen molar-refractivity contribution in [3.05, 3.63) is 28.5 Å². The molecule has 0 saturated heterocycles. The minimum Gasteiger partial charge on any atom is -0.357 e. The van der Waals surface area contributed by atoms with Crippen LogP contribution in [0.5, 0.6) is 0 Å². The summed E-state index contributed by atoms with van der Waals surface area (Å²) in [5.74, 6) is 0.748. The van der Waals surface area contributed by atoms with Gasteiger partial charge in [-0.1, -0.05) is 6.07 Å². The first-order valence-electron chi connectivity index (χ1n) is 4.66. The van der Waals surface area contributed by atoms with E-state index < -0.39 is 0 Å². The zero-order valence-electron chi connectivity index (χ0n) is 8.83. The van der Waals surface area contributed by atoms with Gasteiger partial charge in [-0.3, -0.25) is 4.57 Å². The summed E-state index contributed by atoms with van der Waals surface area (Å²) in [4.78, 5) is 0. The lowest BCUT2D eigenvalue weighted by atomic mass is 10.2. The van der Waals surface area contributed by atoms with Crippen molar-refractivity contribution in [2.45, 2.75) is 0 Å². The Morgan fingerprint density at radius 3 is 2.75 bits per heavy atom. The molecule has 4 nitrogen and oxygen atoms in total. The number of rotatable bonds is 2. The molecule has 0 spiro atoms. The van der Waals surface area contributed by atoms with Crippen LogP contribution in [-0.2, 0) is 7.05 Å². The van der Waals surface area contributed by atoms with Crippen LogP contribution in [0.25, 0.3) is 11.4 Å². The van der Waals surface area contributed by atoms with Crippen molar-refractivity contribution in [3.8, 4) is 11.4 Å². The maximum absolute atomic E-state index is 13.8. The van der Waals surface area contributed by atoms with Gasteiger partial charge in [0.05, 0.1) is 10.0 Å². The largest absolute Gasteiger partial charge is 0.357 e. The van der Waals surface area contributed by atoms with Gasteiger partial charge in [0.25, 0.3) is 0 Å². The Morgan fingerprint density at radius 1 is 1.38 bits per heavy atom. The fraction of sp³-hybridized carbons (Fsp3) is 0.200. The van der Waals surface area contributed by atoms with E-state index in [0.29, 0.717) is 21.8 Å². The Labute approximate surface area is 101 Å². The zero-order chi connectivity index (χ0) is 11.7. The van der Waals surface area contributed by atoms with E-state index in [9.17, 15) is 4.39 Å². The number of nitrogens with zero attached hydrogens (tertiary/aromatic N) is 3. The summed E-state index contributed by atoms with van der Waals surface area (Å²) in [6.07, 6.45) is 0. The van der Waals surface area contributed by atoms with E-state index in [4.69, 9.17) is 0 Å². The molecule has 16 heavy (non-hydrogen) atoms. The highest BCUT2D eigenvalue weighted by Gasteiger charge is 2.14. The predicted molar refractivity (Wildman–Crippen MR) is 63.6 cm³/mol. The Morgan fingerprint density at radius 2 is 2.12 bits per heavy atom. The number of halogens is 2. The van der Waals surface area contributed by atoms with Gasteiger partial charge in [0.15, 0.2) is 5.82 Å². The average Bonchev–Trinajstić information content (AvgIpc) is 2.64. The third kappa shape index (κ3) is 1.69. The Balaban J connectivity index is 2.59. The lowest BCUT2D eigenvalue weighted by Crippen LogP contribution is -2.00. The van der Waals surface area contributed by atoms with Gasteiger partial charge in [-0.15, -0.1) is 10.2 Å². The normalized spacial score (nSPS) is 10.5. The number of hydrogen-bond acceptors (Lipinski definition) is 3. The van der Waals surface area contributed by atoms with Crippen LogP contribution >= 0.6 is 15.9 Å². The SMILES string of the molecule is CNc1nnc(-c2cccc(Br)c2F)n1C. The molecular weight excluding hydrogens is 275 g/mol. The van der Waals surface area contributed by atoms with Gasteiger partial charge < -0.3 is 5.32 Å². The molecule has 0 aliphatic heterocycles. The van der Waals surface area contributed by atoms with E-state index in [2.05, 4.69) is 31.4 Å². The van der Waals surface area contributed by atoms with Gasteiger partial charge in [0, 0.05) is 14.1 Å². The lowest BCUT2D eigenvalue weighted by molar-refractivity contribution is 0.622. The molecule has 0 bridgehead atoms. The summed E-state index contributed by atoms with van der Waals surface area (Å²) < 4.78 is 15.9. The molecule has 0 radical (unpaired) electrons. The molecule has 0 aliphatic rings. The number of nitrogens with one attached hydrogen (secondary N) is 1. The monoisotopic (exact) mass is 284 g/mol. The van der Waals surface area contributed by atoms with Crippen LogP contribution in [0.15, 0.2) is 22.7 Å². The number of benzene rings is 1. The van der Waals surface area contributed by atoms with Crippen LogP contribution in [0.2, 0.25) is 0 Å². The molecule has 6 heteroatoms. The minimum absolute atomic E-state index is 0.333. The summed E-state index contributed by atoms with van der Waals surface area (Å²) in [5.41, 5.74) is 0.422. The smallest absolute Gasteiger partial charge is 0.224 e. The fourth-order valence-corrected chi connectivity index (χ4v) is 1.82. The van der Waals surface area contributed by atoms with Gasteiger partial charge in [-0.25, -0.2) is 4.39 Å². The van der Waals surface area contributed by atoms with Crippen LogP contribution in [0.4, 0.5) is 10.3 Å². The lowest BCUT2D eigenvalue weighted by Gasteiger charge is -2.05. The Kier molecular flexibility index (Phi) is 2.91. The summed E-state index contributed by atoms with van der Waals surface area (Å²) >= 11 is 3.14. The van der Waals surface area contributed by atoms with E-state index in [-0.39, 0.29) is 5.82 Å². The van der Waals surface area contributed by atoms with Crippen LogP contribution < -0.4 is 5.32 Å². The van der Waals surface area contributed by atoms with E-state index in [0.717, 1.165) is 0 Å². The molecule has 84 valence electrons. The molecule has 2 rings (SSSR count). The first-order valence-corrected chi connectivity index (χ1v) is 5.46. The molecule has 0 fully saturated rings. The molecule has 0 atom stereocenters. The van der Waals surface area contributed by atoms with E-state index >= 15 is 0 Å². The number of anilines is 1. The molecule has 0 aliphatic carbocycles. The first-order chi connectivity index (χ1) is 7.65. The van der Waals surface area contributed by atoms with Crippen LogP contribution in [0.3, 0.4) is 0 Å². The molecule has 1 aromatic heterocycles. The van der Waals surface area contributed by atoms with Crippen molar-refractivity contribution in [1.82, 2.24) is 14.8 Å². The van der Waals surface area contributed by atoms with Gasteiger partial charge in [-0.05, 0) is 28.1 Å². The van der Waals surface area contributed by atoms with Crippen molar-refractivity contribution >= 4 is 21.9 Å². The van der Waals surface area contributed by atoms with Gasteiger partial charge in [-0.2, -0.15) is 0 Å². The quantitative estimate of drug-likeness (QED) is 0.921. The van der Waals surface area contributed by atoms with Gasteiger partial charge >= 0.3 is 0 Å². The standard InChI is InChI=1S/C10H10BrFN4/c1-13-10-15-14-9(16(10)2)6-4-3-5-7(11)8(6)12/h3-5H,1-2H3,(H,13,15). The zero-order valence-corrected chi connectivity index (χ0v) is 10.4. The topological polar surface area (TPSA) is 42.7 Å². The molecule has 1 N–H and O–H groups in total. The minimum atomic E-state index is -0.333. The molecule has 2 aromatic rings. The fourth-order valence-electron chi connectivity index (χ4n) is 1.46. The summed E-state index contributed by atoms with van der Waals surface area (Å²) in [6, 6.07) is 5.08. The van der Waals surface area contributed by atoms with Crippen LogP contribution in [-0.4, -0.2) is 21.8 Å². The van der Waals surface area contributed by atoms with Crippen LogP contribution in [0, 0.1) is 5.82 Å². The Bertz CT molecular complexity index is 524. The van der Waals surface area contributed by atoms with E-state index in [1.807, 2.05) is 0 Å². The second-order valence-corrected chi connectivity index (χ2v) is 4.11. The molecule has 0 saturated carbocycles. The molecule has 1 heterocycles. The summed E-state index contributed by atoms with van der Waals surface area (Å²) in [7, 11) is 3.52. The van der Waals surface area contributed by atoms with Gasteiger partial charge in [0.1, 0.15) is 5.82 Å². The number of hydrogen-bond donors (Lipinski definition) is 1. The summed E-state index contributed by atoms with van der Waals surface area (Å²) in [5, 5.41) is 10.7. The molecular formula is C10H10BrFN4. The van der Waals surface area contributed by atoms with Crippen LogP contribution in [0.1, 0.15) is 0 Å². The van der Waals surface area contributed by atoms with Crippen molar-refractivity contribution < 1.29 is 4.39 Å². The second-order valence-electron chi connectivity index (χ2n) is 3.26. The molecule has 0 amide bonds. The van der Waals surface area contributed by atoms with Crippen molar-refractivity contribution in [2.24, 2.45) is 7.05 Å². The maximum Gasteiger partial charge on any atom is 0.224 e. The van der Waals surface area contributed by atoms with Gasteiger partial charge in [0.2, 0.25) is 5.95 Å². The Hall–Kier alpha value is -1.43. The van der Waals surface area contributed by atoms with Crippen molar-refractivity contribution in [3.63, 3.8) is 0 Å². The maximum atomic E-state index is 13.8. The number of aromatic nitrogens is 3. The summed E-state index contributed by atoms with van der Waals surface area (Å²) in [6.45, 7) is 0. The first kappa shape index (κ1) is 11.1. The van der Waals surface area contributed by atoms with Crippen molar-refractivity contribution in [2.75, 3.05) is 12.4 Å². The highest BCUT2D eigenvalue weighted by molar-refractivity contribution is 9.10. The average molecular weight is 285 g/mol. The third-order valence-corrected chi connectivity index (χ3v) is 2.90. The highest BCUT2D eigenvalue weighted by Crippen LogP contribution is 2.27. The highest BCUT2D eigenvalue weighted by atomic mass is 79.9. The second kappa shape index (κ2) is 4.21. The third-order valence-electron chi connectivity index (χ3n) is 2.29. The van der Waals surface area contributed by atoms with E-state index in [1.54, 1.807) is 36.9 Å². The predicted octanol–water partition coefficient (Wildman–Crippen LogP) is 2.43. The van der Waals surface area contributed by atoms with E-state index in [1.165, 1.54) is 0 Å². The molecule has 1 aromatic carbocycles. The molecule has 0 unspecified atom stereocenters. The van der Waals surface area contributed by atoms with Crippen molar-refractivity contribution in [1.29, 1.82) is 0 Å².